The predicted octanol–water partition coefficient (Wildman–Crippen LogP) is 10.2. The summed E-state index contributed by atoms with van der Waals surface area (Å²) in [5.41, 5.74) is 11.8. The van der Waals surface area contributed by atoms with E-state index in [1.807, 2.05) is 0 Å². The van der Waals surface area contributed by atoms with Gasteiger partial charge in [0.05, 0.1) is 67.2 Å². The van der Waals surface area contributed by atoms with Crippen molar-refractivity contribution in [1.82, 2.24) is 0 Å². The molecule has 0 atom stereocenters. The van der Waals surface area contributed by atoms with Crippen LogP contribution in [0.4, 0.5) is 11.4 Å². The predicted molar refractivity (Wildman–Crippen MR) is 229 cm³/mol. The van der Waals surface area contributed by atoms with Gasteiger partial charge in [0.15, 0.2) is 12.3 Å². The third-order valence-electron chi connectivity index (χ3n) is 11.6. The van der Waals surface area contributed by atoms with Gasteiger partial charge in [0, 0.05) is 47.5 Å². The summed E-state index contributed by atoms with van der Waals surface area (Å²) in [7, 11) is 13.7. The lowest BCUT2D eigenvalue weighted by molar-refractivity contribution is -0.871. The number of anilines is 1. The molecule has 0 fully saturated rings. The highest BCUT2D eigenvalue weighted by Crippen LogP contribution is 2.48. The molecule has 1 aliphatic carbocycles. The van der Waals surface area contributed by atoms with Crippen LogP contribution in [0.5, 0.6) is 5.75 Å². The molecule has 0 aromatic heterocycles. The van der Waals surface area contributed by atoms with Crippen LogP contribution in [-0.4, -0.2) is 87.7 Å². The van der Waals surface area contributed by atoms with E-state index in [2.05, 4.69) is 183 Å². The molecule has 0 spiro atoms. The Hall–Kier alpha value is -4.19. The van der Waals surface area contributed by atoms with Crippen LogP contribution in [0.2, 0.25) is 0 Å². The van der Waals surface area contributed by atoms with Gasteiger partial charge < -0.3 is 18.6 Å². The summed E-state index contributed by atoms with van der Waals surface area (Å²) in [5.74, 6) is 1.90. The standard InChI is InChI=1S/C49H67N4O/c1-37-25-29-40(30-26-37)54-47-38(27-31-45-48(2,3)41-21-12-14-23-43(41)50(45)33-17-35-52(6,7)8)19-16-20-39(47)28-32-46-49(4,5)42-22-13-15-24-44(42)51(46)34-18-36-53(9,10)11/h12-15,21-32H,16-20,33-36H2,1-11H3/q+3. The maximum Gasteiger partial charge on any atom is 0.209 e. The fourth-order valence-corrected chi connectivity index (χ4v) is 8.61. The van der Waals surface area contributed by atoms with Gasteiger partial charge in [-0.3, -0.25) is 0 Å². The minimum Gasteiger partial charge on any atom is -0.457 e. The molecule has 0 unspecified atom stereocenters. The number of rotatable bonds is 13. The largest absolute Gasteiger partial charge is 0.457 e. The van der Waals surface area contributed by atoms with Crippen molar-refractivity contribution in [2.24, 2.45) is 0 Å². The molecule has 3 aromatic rings. The zero-order valence-corrected chi connectivity index (χ0v) is 35.3. The van der Waals surface area contributed by atoms with Gasteiger partial charge in [0.1, 0.15) is 11.5 Å². The van der Waals surface area contributed by atoms with Gasteiger partial charge in [0.25, 0.3) is 0 Å². The number of nitrogens with zero attached hydrogens (tertiary/aromatic N) is 4. The fraction of sp³-hybridized carbons (Fsp3) is 0.449. The number of aryl methyl sites for hydroxylation is 1. The molecule has 3 aromatic carbocycles. The molecule has 0 saturated carbocycles. The van der Waals surface area contributed by atoms with E-state index in [0.717, 1.165) is 78.8 Å². The number of ether oxygens (including phenoxy) is 1. The second kappa shape index (κ2) is 15.5. The average Bonchev–Trinajstić information content (AvgIpc) is 3.45. The first-order valence-corrected chi connectivity index (χ1v) is 20.3. The Kier molecular flexibility index (Phi) is 11.3. The molecule has 286 valence electrons. The monoisotopic (exact) mass is 728 g/mol. The zero-order chi connectivity index (χ0) is 38.9. The van der Waals surface area contributed by atoms with Crippen LogP contribution in [0.3, 0.4) is 0 Å². The van der Waals surface area contributed by atoms with E-state index in [-0.39, 0.29) is 10.8 Å². The summed E-state index contributed by atoms with van der Waals surface area (Å²) < 4.78 is 11.5. The van der Waals surface area contributed by atoms with Crippen LogP contribution >= 0.6 is 0 Å². The summed E-state index contributed by atoms with van der Waals surface area (Å²) in [6, 6.07) is 26.5. The van der Waals surface area contributed by atoms with E-state index in [0.29, 0.717) is 0 Å². The number of allylic oxidation sites excluding steroid dienone is 7. The van der Waals surface area contributed by atoms with Gasteiger partial charge in [-0.15, -0.1) is 0 Å². The van der Waals surface area contributed by atoms with Gasteiger partial charge >= 0.3 is 0 Å². The lowest BCUT2D eigenvalue weighted by Crippen LogP contribution is -2.37. The minimum atomic E-state index is -0.0988. The molecule has 5 nitrogen and oxygen atoms in total. The fourth-order valence-electron chi connectivity index (χ4n) is 8.61. The lowest BCUT2D eigenvalue weighted by Gasteiger charge is -2.29. The van der Waals surface area contributed by atoms with Crippen molar-refractivity contribution >= 4 is 17.1 Å². The van der Waals surface area contributed by atoms with Gasteiger partial charge in [-0.25, -0.2) is 0 Å². The van der Waals surface area contributed by atoms with E-state index in [4.69, 9.17) is 4.74 Å². The molecular formula is C49H67N4O+3. The van der Waals surface area contributed by atoms with Crippen LogP contribution in [0.25, 0.3) is 0 Å². The van der Waals surface area contributed by atoms with Gasteiger partial charge in [-0.05, 0) is 87.1 Å². The van der Waals surface area contributed by atoms with E-state index in [9.17, 15) is 0 Å². The molecule has 0 saturated heterocycles. The van der Waals surface area contributed by atoms with Crippen molar-refractivity contribution in [2.75, 3.05) is 73.4 Å². The molecule has 3 aliphatic rings. The highest BCUT2D eigenvalue weighted by molar-refractivity contribution is 6.03. The zero-order valence-electron chi connectivity index (χ0n) is 35.3. The molecule has 0 bridgehead atoms. The first-order chi connectivity index (χ1) is 25.5. The van der Waals surface area contributed by atoms with Crippen LogP contribution in [0, 0.1) is 6.92 Å². The molecule has 5 heteroatoms. The van der Waals surface area contributed by atoms with Crippen LogP contribution in [0.1, 0.15) is 76.5 Å². The van der Waals surface area contributed by atoms with Crippen molar-refractivity contribution in [3.63, 3.8) is 0 Å². The summed E-state index contributed by atoms with van der Waals surface area (Å²) in [6.07, 6.45) is 14.9. The van der Waals surface area contributed by atoms with Crippen molar-refractivity contribution in [3.05, 3.63) is 136 Å². The van der Waals surface area contributed by atoms with Crippen LogP contribution in [-0.2, 0) is 10.8 Å². The Labute approximate surface area is 327 Å². The van der Waals surface area contributed by atoms with Gasteiger partial charge in [-0.1, -0.05) is 74.0 Å². The first kappa shape index (κ1) is 39.5. The Bertz CT molecular complexity index is 1990. The quantitative estimate of drug-likeness (QED) is 0.129. The molecule has 0 N–H and O–H groups in total. The smallest absolute Gasteiger partial charge is 0.209 e. The summed E-state index contributed by atoms with van der Waals surface area (Å²) in [6.45, 7) is 15.9. The van der Waals surface area contributed by atoms with Crippen molar-refractivity contribution in [1.29, 1.82) is 0 Å². The molecular weight excluding hydrogens is 661 g/mol. The third-order valence-corrected chi connectivity index (χ3v) is 11.6. The molecule has 0 amide bonds. The maximum atomic E-state index is 6.94. The number of para-hydroxylation sites is 2. The van der Waals surface area contributed by atoms with Gasteiger partial charge in [-0.2, -0.15) is 4.58 Å². The topological polar surface area (TPSA) is 15.5 Å². The molecule has 54 heavy (non-hydrogen) atoms. The Morgan fingerprint density at radius 3 is 2.07 bits per heavy atom. The maximum absolute atomic E-state index is 6.94. The van der Waals surface area contributed by atoms with E-state index < -0.39 is 0 Å². The molecule has 2 heterocycles. The first-order valence-electron chi connectivity index (χ1n) is 20.3. The minimum absolute atomic E-state index is 0.0988. The second-order valence-electron chi connectivity index (χ2n) is 18.9. The second-order valence-corrected chi connectivity index (χ2v) is 18.9. The van der Waals surface area contributed by atoms with Crippen molar-refractivity contribution in [3.8, 4) is 5.75 Å². The highest BCUT2D eigenvalue weighted by atomic mass is 16.5. The van der Waals surface area contributed by atoms with Crippen LogP contribution in [0.15, 0.2) is 120 Å². The Morgan fingerprint density at radius 2 is 1.37 bits per heavy atom. The van der Waals surface area contributed by atoms with Crippen molar-refractivity contribution in [2.45, 2.75) is 77.6 Å². The average molecular weight is 728 g/mol. The number of quaternary nitrogens is 2. The Balaban J connectivity index is 1.42. The molecule has 6 rings (SSSR count). The van der Waals surface area contributed by atoms with E-state index >= 15 is 0 Å². The van der Waals surface area contributed by atoms with Gasteiger partial charge in [0.2, 0.25) is 5.69 Å². The SMILES string of the molecule is Cc1ccc(OC2=C(/C=C/C3=[N+](CCC[N+](C)(C)C)c4ccccc4C3(C)C)CCC/C2=C\C=C2\N(CCC[N+](C)(C)C)c3ccccc3C2(C)C)cc1. The highest BCUT2D eigenvalue weighted by Gasteiger charge is 2.44. The molecule has 0 radical (unpaired) electrons. The van der Waals surface area contributed by atoms with E-state index in [1.165, 1.54) is 50.6 Å². The summed E-state index contributed by atoms with van der Waals surface area (Å²) in [4.78, 5) is 2.58. The van der Waals surface area contributed by atoms with E-state index in [1.54, 1.807) is 0 Å². The molecule has 2 aliphatic heterocycles. The Morgan fingerprint density at radius 1 is 0.722 bits per heavy atom. The van der Waals surface area contributed by atoms with Crippen LogP contribution < -0.4 is 9.64 Å². The summed E-state index contributed by atoms with van der Waals surface area (Å²) in [5, 5.41) is 0. The van der Waals surface area contributed by atoms with Crippen molar-refractivity contribution < 1.29 is 18.3 Å². The number of hydrogen-bond acceptors (Lipinski definition) is 2. The normalized spacial score (nSPS) is 19.7. The third kappa shape index (κ3) is 8.69. The number of benzene rings is 3. The number of hydrogen-bond donors (Lipinski definition) is 0. The number of fused-ring (bicyclic) bond motifs is 2. The summed E-state index contributed by atoms with van der Waals surface area (Å²) >= 11 is 0. The lowest BCUT2D eigenvalue weighted by atomic mass is 9.81.